The maximum atomic E-state index is 6.32. The molecule has 0 spiro atoms. The van der Waals surface area contributed by atoms with Gasteiger partial charge in [0.2, 0.25) is 0 Å². The lowest BCUT2D eigenvalue weighted by atomic mass is 10.0. The van der Waals surface area contributed by atoms with Crippen LogP contribution in [0.15, 0.2) is 174 Å². The Kier molecular flexibility index (Phi) is 5.83. The molecule has 8 aromatic carbocycles. The molecule has 11 aromatic rings. The molecular formula is C46H28N2OS. The Morgan fingerprint density at radius 3 is 2.12 bits per heavy atom. The zero-order chi connectivity index (χ0) is 32.8. The van der Waals surface area contributed by atoms with Crippen molar-refractivity contribution in [3.05, 3.63) is 170 Å². The number of aromatic nitrogens is 1. The Labute approximate surface area is 291 Å². The molecule has 50 heavy (non-hydrogen) atoms. The fourth-order valence-electron chi connectivity index (χ4n) is 8.01. The number of rotatable bonds is 4. The molecule has 11 rings (SSSR count). The van der Waals surface area contributed by atoms with Crippen molar-refractivity contribution in [3.8, 4) is 5.69 Å². The van der Waals surface area contributed by atoms with Crippen molar-refractivity contribution >= 4 is 103 Å². The summed E-state index contributed by atoms with van der Waals surface area (Å²) in [5, 5.41) is 9.76. The molecule has 3 aromatic heterocycles. The molecule has 234 valence electrons. The maximum absolute atomic E-state index is 6.32. The van der Waals surface area contributed by atoms with Crippen LogP contribution in [0.2, 0.25) is 0 Å². The van der Waals surface area contributed by atoms with Gasteiger partial charge in [0.1, 0.15) is 11.2 Å². The number of furan rings is 1. The molecule has 0 N–H and O–H groups in total. The van der Waals surface area contributed by atoms with Gasteiger partial charge in [-0.15, -0.1) is 11.3 Å². The summed E-state index contributed by atoms with van der Waals surface area (Å²) in [4.78, 5) is 2.48. The molecule has 3 heterocycles. The number of hydrogen-bond acceptors (Lipinski definition) is 3. The number of fused-ring (bicyclic) bond motifs is 11. The summed E-state index contributed by atoms with van der Waals surface area (Å²) in [5.74, 6) is 0. The second-order valence-corrected chi connectivity index (χ2v) is 13.9. The molecule has 3 nitrogen and oxygen atoms in total. The highest BCUT2D eigenvalue weighted by Crippen LogP contribution is 2.49. The predicted octanol–water partition coefficient (Wildman–Crippen LogP) is 13.7. The van der Waals surface area contributed by atoms with Gasteiger partial charge in [-0.05, 0) is 71.4 Å². The van der Waals surface area contributed by atoms with Crippen LogP contribution < -0.4 is 4.90 Å². The van der Waals surface area contributed by atoms with Crippen molar-refractivity contribution in [3.63, 3.8) is 0 Å². The van der Waals surface area contributed by atoms with Gasteiger partial charge < -0.3 is 13.9 Å². The van der Waals surface area contributed by atoms with E-state index in [1.807, 2.05) is 23.5 Å². The van der Waals surface area contributed by atoms with Crippen molar-refractivity contribution in [2.75, 3.05) is 4.90 Å². The first kappa shape index (κ1) is 27.6. The minimum atomic E-state index is 0.886. The third-order valence-electron chi connectivity index (χ3n) is 10.2. The minimum Gasteiger partial charge on any atom is -0.456 e. The second kappa shape index (κ2) is 10.6. The first-order valence-electron chi connectivity index (χ1n) is 16.9. The molecule has 4 heteroatoms. The minimum absolute atomic E-state index is 0.886. The lowest BCUT2D eigenvalue weighted by molar-refractivity contribution is 0.669. The Balaban J connectivity index is 1.30. The topological polar surface area (TPSA) is 21.3 Å². The quantitative estimate of drug-likeness (QED) is 0.188. The Morgan fingerprint density at radius 2 is 1.20 bits per heavy atom. The average molecular weight is 657 g/mol. The molecule has 0 aliphatic heterocycles. The zero-order valence-electron chi connectivity index (χ0n) is 26.9. The van der Waals surface area contributed by atoms with Crippen LogP contribution in [-0.4, -0.2) is 4.57 Å². The number of benzene rings is 8. The Morgan fingerprint density at radius 1 is 0.480 bits per heavy atom. The van der Waals surface area contributed by atoms with E-state index in [1.165, 1.54) is 52.8 Å². The standard InChI is InChI=1S/C46H28N2OS/c1-2-13-30(14-3-1)48-38-19-8-6-16-33(38)35-18-10-21-40(45(35)48)47(31-25-27-42-37(28-31)34-17-7-9-22-41(34)49-42)39-20-11-23-43-44(39)36-26-24-29-12-4-5-15-32(29)46(36)50-43/h1-28H. The highest BCUT2D eigenvalue weighted by molar-refractivity contribution is 7.26. The van der Waals surface area contributed by atoms with Crippen LogP contribution in [0.1, 0.15) is 0 Å². The average Bonchev–Trinajstić information content (AvgIpc) is 3.86. The van der Waals surface area contributed by atoms with Gasteiger partial charge in [-0.25, -0.2) is 0 Å². The van der Waals surface area contributed by atoms with Crippen molar-refractivity contribution in [1.82, 2.24) is 4.57 Å². The van der Waals surface area contributed by atoms with Gasteiger partial charge in [-0.3, -0.25) is 0 Å². The van der Waals surface area contributed by atoms with Crippen molar-refractivity contribution < 1.29 is 4.42 Å². The molecule has 0 fully saturated rings. The molecule has 0 unspecified atom stereocenters. The van der Waals surface area contributed by atoms with E-state index in [9.17, 15) is 0 Å². The van der Waals surface area contributed by atoms with E-state index >= 15 is 0 Å². The van der Waals surface area contributed by atoms with Crippen LogP contribution in [0, 0.1) is 0 Å². The summed E-state index contributed by atoms with van der Waals surface area (Å²) in [5.41, 5.74) is 8.60. The van der Waals surface area contributed by atoms with Crippen LogP contribution in [0.25, 0.3) is 80.4 Å². The smallest absolute Gasteiger partial charge is 0.135 e. The highest BCUT2D eigenvalue weighted by atomic mass is 32.1. The van der Waals surface area contributed by atoms with E-state index in [0.717, 1.165) is 44.7 Å². The van der Waals surface area contributed by atoms with E-state index in [-0.39, 0.29) is 0 Å². The molecule has 0 saturated carbocycles. The van der Waals surface area contributed by atoms with Crippen LogP contribution in [-0.2, 0) is 0 Å². The van der Waals surface area contributed by atoms with Crippen molar-refractivity contribution in [2.45, 2.75) is 0 Å². The van der Waals surface area contributed by atoms with Gasteiger partial charge in [-0.1, -0.05) is 109 Å². The number of anilines is 3. The number of thiophene rings is 1. The van der Waals surface area contributed by atoms with Gasteiger partial charge in [0.25, 0.3) is 0 Å². The SMILES string of the molecule is c1ccc(-n2c3ccccc3c3cccc(N(c4ccc5oc6ccccc6c5c4)c4cccc5sc6c7ccccc7ccc6c45)c32)cc1. The van der Waals surface area contributed by atoms with Crippen molar-refractivity contribution in [1.29, 1.82) is 0 Å². The van der Waals surface area contributed by atoms with Gasteiger partial charge in [-0.2, -0.15) is 0 Å². The first-order chi connectivity index (χ1) is 24.8. The Bertz CT molecular complexity index is 3110. The number of para-hydroxylation sites is 4. The fourth-order valence-corrected chi connectivity index (χ4v) is 9.27. The molecule has 0 radical (unpaired) electrons. The van der Waals surface area contributed by atoms with E-state index in [2.05, 4.69) is 167 Å². The van der Waals surface area contributed by atoms with Gasteiger partial charge in [0.05, 0.1) is 22.4 Å². The summed E-state index contributed by atoms with van der Waals surface area (Å²) in [7, 11) is 0. The number of hydrogen-bond donors (Lipinski definition) is 0. The van der Waals surface area contributed by atoms with E-state index < -0.39 is 0 Å². The Hall–Kier alpha value is -6.36. The molecule has 0 atom stereocenters. The summed E-state index contributed by atoms with van der Waals surface area (Å²) < 4.78 is 11.3. The lowest BCUT2D eigenvalue weighted by Crippen LogP contribution is -2.12. The summed E-state index contributed by atoms with van der Waals surface area (Å²) in [6.45, 7) is 0. The van der Waals surface area contributed by atoms with E-state index in [4.69, 9.17) is 4.42 Å². The summed E-state index contributed by atoms with van der Waals surface area (Å²) >= 11 is 1.88. The van der Waals surface area contributed by atoms with Gasteiger partial charge in [0, 0.05) is 53.1 Å². The molecule has 0 aliphatic carbocycles. The first-order valence-corrected chi connectivity index (χ1v) is 17.8. The highest BCUT2D eigenvalue weighted by Gasteiger charge is 2.25. The summed E-state index contributed by atoms with van der Waals surface area (Å²) in [6.07, 6.45) is 0. The second-order valence-electron chi connectivity index (χ2n) is 12.9. The lowest BCUT2D eigenvalue weighted by Gasteiger charge is -2.28. The molecular weight excluding hydrogens is 629 g/mol. The third kappa shape index (κ3) is 3.91. The van der Waals surface area contributed by atoms with Crippen LogP contribution in [0.5, 0.6) is 0 Å². The molecule has 0 amide bonds. The molecule has 0 saturated heterocycles. The molecule has 0 bridgehead atoms. The summed E-state index contributed by atoms with van der Waals surface area (Å²) in [6, 6.07) is 61.3. The third-order valence-corrected chi connectivity index (χ3v) is 11.4. The van der Waals surface area contributed by atoms with Crippen LogP contribution in [0.4, 0.5) is 17.1 Å². The normalized spacial score (nSPS) is 12.0. The van der Waals surface area contributed by atoms with Crippen molar-refractivity contribution in [2.24, 2.45) is 0 Å². The van der Waals surface area contributed by atoms with Gasteiger partial charge in [0.15, 0.2) is 0 Å². The van der Waals surface area contributed by atoms with Crippen LogP contribution in [0.3, 0.4) is 0 Å². The molecule has 0 aliphatic rings. The van der Waals surface area contributed by atoms with Gasteiger partial charge >= 0.3 is 0 Å². The predicted molar refractivity (Wildman–Crippen MR) is 213 cm³/mol. The fraction of sp³-hybridized carbons (Fsp3) is 0. The largest absolute Gasteiger partial charge is 0.456 e. The van der Waals surface area contributed by atoms with E-state index in [1.54, 1.807) is 0 Å². The number of nitrogens with zero attached hydrogens (tertiary/aromatic N) is 2. The monoisotopic (exact) mass is 656 g/mol. The maximum Gasteiger partial charge on any atom is 0.135 e. The van der Waals surface area contributed by atoms with E-state index in [0.29, 0.717) is 0 Å². The van der Waals surface area contributed by atoms with Crippen LogP contribution >= 0.6 is 11.3 Å². The zero-order valence-corrected chi connectivity index (χ0v) is 27.7.